The molecule has 0 aromatic heterocycles. The van der Waals surface area contributed by atoms with Gasteiger partial charge in [0.1, 0.15) is 0 Å². The molecule has 0 radical (unpaired) electrons. The lowest BCUT2D eigenvalue weighted by Gasteiger charge is -2.17. The van der Waals surface area contributed by atoms with Gasteiger partial charge in [0.25, 0.3) is 0 Å². The fourth-order valence-electron chi connectivity index (χ4n) is 3.53. The highest BCUT2D eigenvalue weighted by Gasteiger charge is 2.34. The Bertz CT molecular complexity index is 616. The van der Waals surface area contributed by atoms with Crippen LogP contribution in [0.4, 0.5) is 0 Å². The standard InChI is InChI=1S/C20H32N4O2/c1-4-21-20(23-13-16-9-10-24(14-16)17-6-7-17)22-12-15-5-8-18(25-2)19(11-15)26-3/h5,8,11,16-17H,4,6-7,9-10,12-14H2,1-3H3,(H2,21,22,23). The molecule has 1 aliphatic heterocycles. The summed E-state index contributed by atoms with van der Waals surface area (Å²) in [7, 11) is 3.30. The predicted octanol–water partition coefficient (Wildman–Crippen LogP) is 2.24. The topological polar surface area (TPSA) is 58.1 Å². The van der Waals surface area contributed by atoms with Crippen molar-refractivity contribution in [3.05, 3.63) is 23.8 Å². The minimum atomic E-state index is 0.606. The van der Waals surface area contributed by atoms with Crippen molar-refractivity contribution in [2.24, 2.45) is 10.9 Å². The van der Waals surface area contributed by atoms with Gasteiger partial charge in [0.2, 0.25) is 0 Å². The molecule has 0 bridgehead atoms. The fraction of sp³-hybridized carbons (Fsp3) is 0.650. The summed E-state index contributed by atoms with van der Waals surface area (Å²) in [6.45, 7) is 7.03. The van der Waals surface area contributed by atoms with Crippen LogP contribution in [0.5, 0.6) is 11.5 Å². The van der Waals surface area contributed by atoms with Crippen LogP contribution in [-0.4, -0.2) is 57.3 Å². The first-order valence-electron chi connectivity index (χ1n) is 9.70. The number of ether oxygens (including phenoxy) is 2. The average Bonchev–Trinajstić information content (AvgIpc) is 3.42. The lowest BCUT2D eigenvalue weighted by atomic mass is 10.1. The molecule has 6 heteroatoms. The summed E-state index contributed by atoms with van der Waals surface area (Å²) >= 11 is 0. The molecular formula is C20H32N4O2. The van der Waals surface area contributed by atoms with Crippen molar-refractivity contribution in [3.8, 4) is 11.5 Å². The number of hydrogen-bond acceptors (Lipinski definition) is 4. The van der Waals surface area contributed by atoms with Crippen LogP contribution in [0.3, 0.4) is 0 Å². The molecule has 1 heterocycles. The first-order chi connectivity index (χ1) is 12.7. The molecule has 6 nitrogen and oxygen atoms in total. The lowest BCUT2D eigenvalue weighted by molar-refractivity contribution is 0.314. The Kier molecular flexibility index (Phi) is 6.61. The van der Waals surface area contributed by atoms with Crippen LogP contribution in [0, 0.1) is 5.92 Å². The highest BCUT2D eigenvalue weighted by atomic mass is 16.5. The van der Waals surface area contributed by atoms with Crippen molar-refractivity contribution in [1.82, 2.24) is 15.5 Å². The fourth-order valence-corrected chi connectivity index (χ4v) is 3.53. The van der Waals surface area contributed by atoms with Gasteiger partial charge in [-0.3, -0.25) is 0 Å². The van der Waals surface area contributed by atoms with E-state index in [9.17, 15) is 0 Å². The number of benzene rings is 1. The number of rotatable bonds is 8. The zero-order valence-electron chi connectivity index (χ0n) is 16.3. The SMILES string of the molecule is CCNC(=NCc1ccc(OC)c(OC)c1)NCC1CCN(C2CC2)C1. The van der Waals surface area contributed by atoms with Gasteiger partial charge in [0.15, 0.2) is 17.5 Å². The van der Waals surface area contributed by atoms with Gasteiger partial charge >= 0.3 is 0 Å². The third-order valence-corrected chi connectivity index (χ3v) is 5.15. The first-order valence-corrected chi connectivity index (χ1v) is 9.70. The maximum atomic E-state index is 5.37. The van der Waals surface area contributed by atoms with Crippen LogP contribution in [-0.2, 0) is 6.54 Å². The van der Waals surface area contributed by atoms with E-state index in [0.717, 1.165) is 48.1 Å². The summed E-state index contributed by atoms with van der Waals surface area (Å²) in [6, 6.07) is 6.82. The Morgan fingerprint density at radius 3 is 2.65 bits per heavy atom. The van der Waals surface area contributed by atoms with Gasteiger partial charge in [-0.2, -0.15) is 0 Å². The summed E-state index contributed by atoms with van der Waals surface area (Å²) in [4.78, 5) is 7.38. The van der Waals surface area contributed by atoms with Crippen molar-refractivity contribution in [1.29, 1.82) is 0 Å². The molecule has 26 heavy (non-hydrogen) atoms. The predicted molar refractivity (Wildman–Crippen MR) is 105 cm³/mol. The summed E-state index contributed by atoms with van der Waals surface area (Å²) in [5.74, 6) is 3.09. The van der Waals surface area contributed by atoms with Crippen molar-refractivity contribution in [2.75, 3.05) is 40.4 Å². The van der Waals surface area contributed by atoms with Gasteiger partial charge in [0, 0.05) is 25.7 Å². The molecule has 2 fully saturated rings. The molecule has 1 saturated heterocycles. The number of guanidine groups is 1. The van der Waals surface area contributed by atoms with Gasteiger partial charge in [-0.05, 0) is 56.3 Å². The largest absolute Gasteiger partial charge is 0.493 e. The Morgan fingerprint density at radius 2 is 1.96 bits per heavy atom. The maximum Gasteiger partial charge on any atom is 0.191 e. The number of aliphatic imine (C=N–C) groups is 1. The van der Waals surface area contributed by atoms with Gasteiger partial charge in [0.05, 0.1) is 20.8 Å². The number of likely N-dealkylation sites (tertiary alicyclic amines) is 1. The zero-order valence-corrected chi connectivity index (χ0v) is 16.3. The molecule has 1 aromatic rings. The molecule has 144 valence electrons. The molecule has 2 aliphatic rings. The van der Waals surface area contributed by atoms with Crippen LogP contribution < -0.4 is 20.1 Å². The molecule has 1 aliphatic carbocycles. The third-order valence-electron chi connectivity index (χ3n) is 5.15. The molecule has 2 N–H and O–H groups in total. The minimum Gasteiger partial charge on any atom is -0.493 e. The highest BCUT2D eigenvalue weighted by molar-refractivity contribution is 5.79. The molecule has 1 saturated carbocycles. The summed E-state index contributed by atoms with van der Waals surface area (Å²) in [5, 5.41) is 6.86. The van der Waals surface area contributed by atoms with E-state index in [0.29, 0.717) is 6.54 Å². The van der Waals surface area contributed by atoms with Crippen LogP contribution in [0.25, 0.3) is 0 Å². The second-order valence-corrected chi connectivity index (χ2v) is 7.15. The zero-order chi connectivity index (χ0) is 18.4. The summed E-state index contributed by atoms with van der Waals surface area (Å²) < 4.78 is 10.7. The molecule has 1 atom stereocenters. The molecular weight excluding hydrogens is 328 g/mol. The van der Waals surface area contributed by atoms with Crippen molar-refractivity contribution in [2.45, 2.75) is 38.8 Å². The number of nitrogens with one attached hydrogen (secondary N) is 2. The number of hydrogen-bond donors (Lipinski definition) is 2. The molecule has 0 spiro atoms. The highest BCUT2D eigenvalue weighted by Crippen LogP contribution is 2.31. The van der Waals surface area contributed by atoms with E-state index in [1.807, 2.05) is 18.2 Å². The summed E-state index contributed by atoms with van der Waals surface area (Å²) in [6.07, 6.45) is 4.09. The average molecular weight is 361 g/mol. The van der Waals surface area contributed by atoms with Crippen molar-refractivity contribution in [3.63, 3.8) is 0 Å². The van der Waals surface area contributed by atoms with Gasteiger partial charge in [-0.1, -0.05) is 6.07 Å². The van der Waals surface area contributed by atoms with Gasteiger partial charge in [-0.15, -0.1) is 0 Å². The molecule has 1 aromatic carbocycles. The molecule has 3 rings (SSSR count). The van der Waals surface area contributed by atoms with E-state index in [2.05, 4.69) is 22.5 Å². The van der Waals surface area contributed by atoms with Crippen molar-refractivity contribution >= 4 is 5.96 Å². The Labute approximate surface area is 157 Å². The quantitative estimate of drug-likeness (QED) is 0.550. The number of methoxy groups -OCH3 is 2. The van der Waals surface area contributed by atoms with E-state index in [1.54, 1.807) is 14.2 Å². The lowest BCUT2D eigenvalue weighted by Crippen LogP contribution is -2.40. The first kappa shape index (κ1) is 18.8. The van der Waals surface area contributed by atoms with E-state index in [1.165, 1.54) is 32.4 Å². The molecule has 1 unspecified atom stereocenters. The Morgan fingerprint density at radius 1 is 1.15 bits per heavy atom. The van der Waals surface area contributed by atoms with E-state index >= 15 is 0 Å². The Balaban J connectivity index is 1.53. The van der Waals surface area contributed by atoms with E-state index in [-0.39, 0.29) is 0 Å². The summed E-state index contributed by atoms with van der Waals surface area (Å²) in [5.41, 5.74) is 1.10. The second-order valence-electron chi connectivity index (χ2n) is 7.15. The molecule has 0 amide bonds. The monoisotopic (exact) mass is 360 g/mol. The normalized spacial score (nSPS) is 20.9. The van der Waals surface area contributed by atoms with E-state index < -0.39 is 0 Å². The van der Waals surface area contributed by atoms with Crippen LogP contribution in [0.2, 0.25) is 0 Å². The van der Waals surface area contributed by atoms with Gasteiger partial charge in [-0.25, -0.2) is 4.99 Å². The third kappa shape index (κ3) is 5.04. The van der Waals surface area contributed by atoms with Crippen LogP contribution in [0.1, 0.15) is 31.7 Å². The Hall–Kier alpha value is -1.95. The smallest absolute Gasteiger partial charge is 0.191 e. The van der Waals surface area contributed by atoms with Gasteiger partial charge < -0.3 is 25.0 Å². The van der Waals surface area contributed by atoms with E-state index in [4.69, 9.17) is 14.5 Å². The second kappa shape index (κ2) is 9.12. The number of nitrogens with zero attached hydrogens (tertiary/aromatic N) is 2. The van der Waals surface area contributed by atoms with Crippen molar-refractivity contribution < 1.29 is 9.47 Å². The minimum absolute atomic E-state index is 0.606. The van der Waals surface area contributed by atoms with Crippen LogP contribution >= 0.6 is 0 Å². The van der Waals surface area contributed by atoms with Crippen LogP contribution in [0.15, 0.2) is 23.2 Å². The maximum absolute atomic E-state index is 5.37.